The number of hydrogen-bond acceptors (Lipinski definition) is 3. The molecular weight excluding hydrogens is 298 g/mol. The Morgan fingerprint density at radius 1 is 1.38 bits per heavy atom. The van der Waals surface area contributed by atoms with Crippen molar-refractivity contribution in [1.29, 1.82) is 0 Å². The summed E-state index contributed by atoms with van der Waals surface area (Å²) >= 11 is 3.39. The Kier molecular flexibility index (Phi) is 4.36. The molecule has 1 aliphatic carbocycles. The van der Waals surface area contributed by atoms with E-state index in [0.29, 0.717) is 0 Å². The van der Waals surface area contributed by atoms with Gasteiger partial charge in [-0.3, -0.25) is 4.79 Å². The number of thioether (sulfide) groups is 1. The van der Waals surface area contributed by atoms with Crippen LogP contribution in [-0.4, -0.2) is 12.2 Å². The Morgan fingerprint density at radius 2 is 2.19 bits per heavy atom. The van der Waals surface area contributed by atoms with E-state index in [2.05, 4.69) is 12.2 Å². The summed E-state index contributed by atoms with van der Waals surface area (Å²) in [4.78, 5) is 15.1. The highest BCUT2D eigenvalue weighted by Crippen LogP contribution is 2.33. The zero-order valence-corrected chi connectivity index (χ0v) is 13.9. The molecule has 1 aliphatic rings. The molecule has 4 heteroatoms. The van der Waals surface area contributed by atoms with Crippen LogP contribution in [0.15, 0.2) is 34.5 Å². The van der Waals surface area contributed by atoms with Crippen LogP contribution in [0.4, 0.5) is 5.69 Å². The molecule has 1 amide bonds. The van der Waals surface area contributed by atoms with Gasteiger partial charge in [-0.25, -0.2) is 0 Å². The second kappa shape index (κ2) is 6.24. The van der Waals surface area contributed by atoms with Gasteiger partial charge in [0.05, 0.1) is 11.3 Å². The lowest BCUT2D eigenvalue weighted by Gasteiger charge is -2.19. The Hall–Kier alpha value is -1.26. The maximum Gasteiger partial charge on any atom is 0.256 e. The first-order valence-corrected chi connectivity index (χ1v) is 9.33. The summed E-state index contributed by atoms with van der Waals surface area (Å²) in [5.41, 5.74) is 3.05. The summed E-state index contributed by atoms with van der Waals surface area (Å²) in [6.07, 6.45) is 5.37. The van der Waals surface area contributed by atoms with Crippen LogP contribution in [0, 0.1) is 5.92 Å². The third-order valence-corrected chi connectivity index (χ3v) is 5.85. The Bertz CT molecular complexity index is 663. The molecule has 1 aromatic heterocycles. The summed E-state index contributed by atoms with van der Waals surface area (Å²) in [5, 5.41) is 5.10. The molecule has 2 aromatic rings. The van der Waals surface area contributed by atoms with Crippen molar-refractivity contribution >= 4 is 34.7 Å². The number of carbonyl (C=O) groups is 1. The second-order valence-corrected chi connectivity index (χ2v) is 7.37. The second-order valence-electron chi connectivity index (χ2n) is 5.55. The highest BCUT2D eigenvalue weighted by Gasteiger charge is 2.23. The lowest BCUT2D eigenvalue weighted by atomic mass is 9.88. The number of nitrogens with one attached hydrogen (secondary N) is 1. The number of fused-ring (bicyclic) bond motifs is 1. The van der Waals surface area contributed by atoms with E-state index in [1.807, 2.05) is 35.9 Å². The summed E-state index contributed by atoms with van der Waals surface area (Å²) in [6, 6.07) is 7.95. The highest BCUT2D eigenvalue weighted by atomic mass is 32.2. The lowest BCUT2D eigenvalue weighted by Crippen LogP contribution is -2.16. The van der Waals surface area contributed by atoms with E-state index in [-0.39, 0.29) is 5.91 Å². The van der Waals surface area contributed by atoms with E-state index >= 15 is 0 Å². The van der Waals surface area contributed by atoms with Crippen molar-refractivity contribution in [3.63, 3.8) is 0 Å². The van der Waals surface area contributed by atoms with Gasteiger partial charge in [0.25, 0.3) is 5.91 Å². The molecule has 1 unspecified atom stereocenters. The standard InChI is InChI=1S/C17H19NOS2/c1-11-7-8-12-13(10-21-16(12)9-11)17(19)18-14-5-3-4-6-15(14)20-2/h3-6,10-11H,7-9H2,1-2H3,(H,18,19). The molecule has 1 atom stereocenters. The van der Waals surface area contributed by atoms with Crippen LogP contribution < -0.4 is 5.32 Å². The van der Waals surface area contributed by atoms with Crippen LogP contribution in [0.2, 0.25) is 0 Å². The van der Waals surface area contributed by atoms with Crippen LogP contribution >= 0.6 is 23.1 Å². The van der Waals surface area contributed by atoms with Crippen molar-refractivity contribution in [3.05, 3.63) is 45.6 Å². The van der Waals surface area contributed by atoms with E-state index in [9.17, 15) is 4.79 Å². The minimum atomic E-state index is 0.0311. The lowest BCUT2D eigenvalue weighted by molar-refractivity contribution is 0.102. The molecule has 0 saturated heterocycles. The first-order chi connectivity index (χ1) is 10.2. The van der Waals surface area contributed by atoms with Crippen LogP contribution in [-0.2, 0) is 12.8 Å². The summed E-state index contributed by atoms with van der Waals surface area (Å²) in [5.74, 6) is 0.771. The van der Waals surface area contributed by atoms with Gasteiger partial charge < -0.3 is 5.32 Å². The maximum atomic E-state index is 12.6. The average Bonchev–Trinajstić information content (AvgIpc) is 2.90. The zero-order valence-electron chi connectivity index (χ0n) is 12.3. The highest BCUT2D eigenvalue weighted by molar-refractivity contribution is 7.98. The first kappa shape index (κ1) is 14.7. The van der Waals surface area contributed by atoms with Crippen molar-refractivity contribution < 1.29 is 4.79 Å². The van der Waals surface area contributed by atoms with Gasteiger partial charge in [0.15, 0.2) is 0 Å². The number of carbonyl (C=O) groups excluding carboxylic acids is 1. The average molecular weight is 317 g/mol. The molecule has 1 N–H and O–H groups in total. The summed E-state index contributed by atoms with van der Waals surface area (Å²) < 4.78 is 0. The van der Waals surface area contributed by atoms with E-state index in [0.717, 1.165) is 34.9 Å². The van der Waals surface area contributed by atoms with Gasteiger partial charge in [-0.2, -0.15) is 0 Å². The predicted molar refractivity (Wildman–Crippen MR) is 91.7 cm³/mol. The van der Waals surface area contributed by atoms with Crippen molar-refractivity contribution in [2.24, 2.45) is 5.92 Å². The smallest absolute Gasteiger partial charge is 0.256 e. The number of thiophene rings is 1. The molecule has 0 radical (unpaired) electrons. The van der Waals surface area contributed by atoms with Gasteiger partial charge in [-0.1, -0.05) is 19.1 Å². The molecule has 2 nitrogen and oxygen atoms in total. The minimum Gasteiger partial charge on any atom is -0.321 e. The molecule has 0 spiro atoms. The number of anilines is 1. The molecule has 0 saturated carbocycles. The first-order valence-electron chi connectivity index (χ1n) is 7.22. The molecule has 1 aromatic carbocycles. The van der Waals surface area contributed by atoms with Gasteiger partial charge >= 0.3 is 0 Å². The SMILES string of the molecule is CSc1ccccc1NC(=O)c1csc2c1CCC(C)C2. The topological polar surface area (TPSA) is 29.1 Å². The minimum absolute atomic E-state index is 0.0311. The Balaban J connectivity index is 1.83. The Labute approximate surface area is 134 Å². The largest absolute Gasteiger partial charge is 0.321 e. The number of rotatable bonds is 3. The molecule has 110 valence electrons. The van der Waals surface area contributed by atoms with Crippen LogP contribution in [0.25, 0.3) is 0 Å². The van der Waals surface area contributed by atoms with Crippen molar-refractivity contribution in [3.8, 4) is 0 Å². The van der Waals surface area contributed by atoms with E-state index in [1.165, 1.54) is 16.9 Å². The van der Waals surface area contributed by atoms with Crippen LogP contribution in [0.5, 0.6) is 0 Å². The van der Waals surface area contributed by atoms with Gasteiger partial charge in [0, 0.05) is 15.2 Å². The van der Waals surface area contributed by atoms with Gasteiger partial charge in [-0.05, 0) is 49.1 Å². The summed E-state index contributed by atoms with van der Waals surface area (Å²) in [7, 11) is 0. The number of para-hydroxylation sites is 1. The number of hydrogen-bond donors (Lipinski definition) is 1. The van der Waals surface area contributed by atoms with Crippen LogP contribution in [0.1, 0.15) is 34.1 Å². The van der Waals surface area contributed by atoms with E-state index in [4.69, 9.17) is 0 Å². The van der Waals surface area contributed by atoms with E-state index < -0.39 is 0 Å². The van der Waals surface area contributed by atoms with Crippen molar-refractivity contribution in [1.82, 2.24) is 0 Å². The maximum absolute atomic E-state index is 12.6. The third kappa shape index (κ3) is 3.01. The quantitative estimate of drug-likeness (QED) is 0.820. The number of benzene rings is 1. The molecule has 0 bridgehead atoms. The van der Waals surface area contributed by atoms with Crippen molar-refractivity contribution in [2.75, 3.05) is 11.6 Å². The van der Waals surface area contributed by atoms with Gasteiger partial charge in [0.2, 0.25) is 0 Å². The fourth-order valence-electron chi connectivity index (χ4n) is 2.81. The van der Waals surface area contributed by atoms with E-state index in [1.54, 1.807) is 23.1 Å². The van der Waals surface area contributed by atoms with Crippen LogP contribution in [0.3, 0.4) is 0 Å². The normalized spacial score (nSPS) is 17.3. The molecule has 1 heterocycles. The van der Waals surface area contributed by atoms with Crippen molar-refractivity contribution in [2.45, 2.75) is 31.1 Å². The molecule has 21 heavy (non-hydrogen) atoms. The fraction of sp³-hybridized carbons (Fsp3) is 0.353. The molecule has 0 fully saturated rings. The fourth-order valence-corrected chi connectivity index (χ4v) is 4.60. The van der Waals surface area contributed by atoms with Gasteiger partial charge in [0.1, 0.15) is 0 Å². The Morgan fingerprint density at radius 3 is 3.00 bits per heavy atom. The monoisotopic (exact) mass is 317 g/mol. The molecule has 0 aliphatic heterocycles. The molecule has 3 rings (SSSR count). The molecular formula is C17H19NOS2. The third-order valence-electron chi connectivity index (χ3n) is 4.00. The van der Waals surface area contributed by atoms with Gasteiger partial charge in [-0.15, -0.1) is 23.1 Å². The summed E-state index contributed by atoms with van der Waals surface area (Å²) in [6.45, 7) is 2.29. The predicted octanol–water partition coefficient (Wildman–Crippen LogP) is 4.85. The zero-order chi connectivity index (χ0) is 14.8. The number of amides is 1.